The van der Waals surface area contributed by atoms with Gasteiger partial charge in [-0.3, -0.25) is 4.90 Å². The van der Waals surface area contributed by atoms with E-state index in [9.17, 15) is 5.11 Å². The number of hydrogen-bond acceptors (Lipinski definition) is 2. The first kappa shape index (κ1) is 18.0. The minimum atomic E-state index is -1.02. The molecule has 0 saturated carbocycles. The maximum Gasteiger partial charge on any atom is 0.130 e. The predicted octanol–water partition coefficient (Wildman–Crippen LogP) is 4.98. The highest BCUT2D eigenvalue weighted by atomic mass is 16.3. The van der Waals surface area contributed by atoms with Crippen molar-refractivity contribution in [3.63, 3.8) is 0 Å². The van der Waals surface area contributed by atoms with Gasteiger partial charge in [0.1, 0.15) is 5.60 Å². The van der Waals surface area contributed by atoms with Crippen LogP contribution in [0.15, 0.2) is 91.0 Å². The maximum absolute atomic E-state index is 12.2. The quantitative estimate of drug-likeness (QED) is 0.696. The first-order valence-corrected chi connectivity index (χ1v) is 9.90. The van der Waals surface area contributed by atoms with Crippen LogP contribution in [0.4, 0.5) is 0 Å². The summed E-state index contributed by atoms with van der Waals surface area (Å²) in [6.07, 6.45) is 3.33. The van der Waals surface area contributed by atoms with Crippen LogP contribution in [0.3, 0.4) is 0 Å². The molecular formula is C25H27NO. The summed E-state index contributed by atoms with van der Waals surface area (Å²) in [5, 5.41) is 12.2. The number of piperidine rings is 1. The van der Waals surface area contributed by atoms with E-state index in [0.717, 1.165) is 37.1 Å². The molecule has 27 heavy (non-hydrogen) atoms. The van der Waals surface area contributed by atoms with Gasteiger partial charge < -0.3 is 5.11 Å². The average Bonchev–Trinajstić information content (AvgIpc) is 2.75. The van der Waals surface area contributed by atoms with Crippen molar-refractivity contribution in [2.75, 3.05) is 6.54 Å². The van der Waals surface area contributed by atoms with Gasteiger partial charge in [-0.25, -0.2) is 0 Å². The molecule has 4 rings (SSSR count). The van der Waals surface area contributed by atoms with Crippen molar-refractivity contribution >= 4 is 0 Å². The second kappa shape index (κ2) is 8.08. The van der Waals surface area contributed by atoms with Crippen LogP contribution in [0, 0.1) is 0 Å². The number of aliphatic hydroxyl groups is 1. The number of likely N-dealkylation sites (tertiary alicyclic amines) is 1. The SMILES string of the molecule is OC(c1ccccc1)(c1ccccc1)C1CCCCN1Cc1ccccc1. The number of rotatable bonds is 5. The van der Waals surface area contributed by atoms with Crippen LogP contribution in [0.5, 0.6) is 0 Å². The normalized spacial score (nSPS) is 18.3. The minimum Gasteiger partial charge on any atom is -0.379 e. The lowest BCUT2D eigenvalue weighted by molar-refractivity contribution is -0.0416. The summed E-state index contributed by atoms with van der Waals surface area (Å²) in [6.45, 7) is 1.88. The molecule has 0 amide bonds. The van der Waals surface area contributed by atoms with Crippen molar-refractivity contribution < 1.29 is 5.11 Å². The predicted molar refractivity (Wildman–Crippen MR) is 110 cm³/mol. The summed E-state index contributed by atoms with van der Waals surface area (Å²) < 4.78 is 0. The fraction of sp³-hybridized carbons (Fsp3) is 0.280. The zero-order valence-corrected chi connectivity index (χ0v) is 15.7. The number of benzene rings is 3. The van der Waals surface area contributed by atoms with E-state index in [-0.39, 0.29) is 6.04 Å². The maximum atomic E-state index is 12.2. The molecule has 3 aromatic carbocycles. The third-order valence-electron chi connectivity index (χ3n) is 5.75. The van der Waals surface area contributed by atoms with E-state index in [1.165, 1.54) is 12.0 Å². The van der Waals surface area contributed by atoms with Gasteiger partial charge in [0.2, 0.25) is 0 Å². The van der Waals surface area contributed by atoms with Crippen LogP contribution in [0.2, 0.25) is 0 Å². The van der Waals surface area contributed by atoms with E-state index in [4.69, 9.17) is 0 Å². The van der Waals surface area contributed by atoms with Crippen molar-refractivity contribution in [1.29, 1.82) is 0 Å². The lowest BCUT2D eigenvalue weighted by Crippen LogP contribution is -2.53. The third kappa shape index (κ3) is 3.69. The Bertz CT molecular complexity index is 792. The fourth-order valence-electron chi connectivity index (χ4n) is 4.41. The molecule has 1 unspecified atom stereocenters. The summed E-state index contributed by atoms with van der Waals surface area (Å²) in [6, 6.07) is 31.0. The van der Waals surface area contributed by atoms with Gasteiger partial charge in [-0.15, -0.1) is 0 Å². The molecular weight excluding hydrogens is 330 g/mol. The molecule has 0 radical (unpaired) electrons. The first-order chi connectivity index (χ1) is 13.3. The molecule has 0 bridgehead atoms. The van der Waals surface area contributed by atoms with Crippen LogP contribution in [-0.2, 0) is 12.1 Å². The molecule has 2 nitrogen and oxygen atoms in total. The molecule has 1 heterocycles. The Morgan fingerprint density at radius 1 is 0.741 bits per heavy atom. The standard InChI is InChI=1S/C25H27NO/c27-25(22-14-6-2-7-15-22,23-16-8-3-9-17-23)24-18-10-11-19-26(24)20-21-12-4-1-5-13-21/h1-9,12-17,24,27H,10-11,18-20H2. The summed E-state index contributed by atoms with van der Waals surface area (Å²) >= 11 is 0. The minimum absolute atomic E-state index is 0.0521. The van der Waals surface area contributed by atoms with Gasteiger partial charge in [0.15, 0.2) is 0 Å². The topological polar surface area (TPSA) is 23.5 Å². The first-order valence-electron chi connectivity index (χ1n) is 9.90. The van der Waals surface area contributed by atoms with Gasteiger partial charge in [0, 0.05) is 12.6 Å². The summed E-state index contributed by atoms with van der Waals surface area (Å²) in [7, 11) is 0. The number of hydrogen-bond donors (Lipinski definition) is 1. The van der Waals surface area contributed by atoms with E-state index in [1.54, 1.807) is 0 Å². The molecule has 1 aliphatic rings. The van der Waals surface area contributed by atoms with E-state index < -0.39 is 5.60 Å². The zero-order chi connectivity index (χ0) is 18.5. The molecule has 1 N–H and O–H groups in total. The largest absolute Gasteiger partial charge is 0.379 e. The third-order valence-corrected chi connectivity index (χ3v) is 5.75. The van der Waals surface area contributed by atoms with Crippen LogP contribution in [-0.4, -0.2) is 22.6 Å². The van der Waals surface area contributed by atoms with Crippen LogP contribution >= 0.6 is 0 Å². The van der Waals surface area contributed by atoms with Crippen LogP contribution in [0.25, 0.3) is 0 Å². The molecule has 1 fully saturated rings. The van der Waals surface area contributed by atoms with Crippen molar-refractivity contribution in [2.24, 2.45) is 0 Å². The Labute approximate surface area is 162 Å². The molecule has 0 aliphatic carbocycles. The van der Waals surface area contributed by atoms with E-state index in [2.05, 4.69) is 59.5 Å². The van der Waals surface area contributed by atoms with E-state index in [0.29, 0.717) is 0 Å². The lowest BCUT2D eigenvalue weighted by Gasteiger charge is -2.46. The Hall–Kier alpha value is -2.42. The van der Waals surface area contributed by atoms with Gasteiger partial charge in [0.05, 0.1) is 0 Å². The van der Waals surface area contributed by atoms with Gasteiger partial charge in [-0.05, 0) is 36.1 Å². The molecule has 1 aliphatic heterocycles. The van der Waals surface area contributed by atoms with Crippen LogP contribution in [0.1, 0.15) is 36.0 Å². The molecule has 2 heteroatoms. The summed E-state index contributed by atoms with van der Waals surface area (Å²) in [5.41, 5.74) is 2.23. The number of nitrogens with zero attached hydrogens (tertiary/aromatic N) is 1. The molecule has 0 spiro atoms. The summed E-state index contributed by atoms with van der Waals surface area (Å²) in [4.78, 5) is 2.47. The Morgan fingerprint density at radius 3 is 1.81 bits per heavy atom. The Morgan fingerprint density at radius 2 is 1.26 bits per heavy atom. The van der Waals surface area contributed by atoms with Crippen molar-refractivity contribution in [3.8, 4) is 0 Å². The van der Waals surface area contributed by atoms with Gasteiger partial charge in [-0.2, -0.15) is 0 Å². The molecule has 1 saturated heterocycles. The van der Waals surface area contributed by atoms with Crippen molar-refractivity contribution in [3.05, 3.63) is 108 Å². The van der Waals surface area contributed by atoms with Gasteiger partial charge in [-0.1, -0.05) is 97.4 Å². The van der Waals surface area contributed by atoms with Crippen molar-refractivity contribution in [2.45, 2.75) is 37.5 Å². The van der Waals surface area contributed by atoms with Crippen molar-refractivity contribution in [1.82, 2.24) is 4.90 Å². The highest BCUT2D eigenvalue weighted by Crippen LogP contribution is 2.40. The second-order valence-corrected chi connectivity index (χ2v) is 7.47. The Balaban J connectivity index is 1.76. The smallest absolute Gasteiger partial charge is 0.130 e. The Kier molecular flexibility index (Phi) is 5.38. The van der Waals surface area contributed by atoms with E-state index >= 15 is 0 Å². The zero-order valence-electron chi connectivity index (χ0n) is 15.7. The molecule has 1 atom stereocenters. The highest BCUT2D eigenvalue weighted by molar-refractivity contribution is 5.38. The van der Waals surface area contributed by atoms with E-state index in [1.807, 2.05) is 36.4 Å². The van der Waals surface area contributed by atoms with Crippen LogP contribution < -0.4 is 0 Å². The fourth-order valence-corrected chi connectivity index (χ4v) is 4.41. The van der Waals surface area contributed by atoms with Gasteiger partial charge in [0.25, 0.3) is 0 Å². The summed E-state index contributed by atoms with van der Waals surface area (Å²) in [5.74, 6) is 0. The average molecular weight is 357 g/mol. The molecule has 138 valence electrons. The lowest BCUT2D eigenvalue weighted by atomic mass is 9.76. The monoisotopic (exact) mass is 357 g/mol. The molecule has 0 aromatic heterocycles. The van der Waals surface area contributed by atoms with Gasteiger partial charge >= 0.3 is 0 Å². The second-order valence-electron chi connectivity index (χ2n) is 7.47. The molecule has 3 aromatic rings. The highest BCUT2D eigenvalue weighted by Gasteiger charge is 2.44.